The first-order chi connectivity index (χ1) is 9.08. The number of aryl methyl sites for hydroxylation is 1. The number of benzene rings is 1. The molecular formula is C13H16BrNO4. The molecule has 0 radical (unpaired) electrons. The fraction of sp³-hybridized carbons (Fsp3) is 0.385. The highest BCUT2D eigenvalue weighted by atomic mass is 79.9. The summed E-state index contributed by atoms with van der Waals surface area (Å²) in [5.41, 5.74) is 1.21. The van der Waals surface area contributed by atoms with Gasteiger partial charge in [0.1, 0.15) is 5.75 Å². The van der Waals surface area contributed by atoms with Crippen LogP contribution in [0.15, 0.2) is 16.6 Å². The molecule has 0 atom stereocenters. The van der Waals surface area contributed by atoms with Crippen LogP contribution in [0.2, 0.25) is 0 Å². The molecule has 1 aromatic carbocycles. The summed E-state index contributed by atoms with van der Waals surface area (Å²) in [4.78, 5) is 22.4. The number of hydrogen-bond acceptors (Lipinski definition) is 4. The Balaban J connectivity index is 2.62. The summed E-state index contributed by atoms with van der Waals surface area (Å²) in [6.45, 7) is 2.56. The summed E-state index contributed by atoms with van der Waals surface area (Å²) in [7, 11) is 1.56. The minimum atomic E-state index is -0.254. The maximum absolute atomic E-state index is 11.5. The molecule has 0 fully saturated rings. The predicted molar refractivity (Wildman–Crippen MR) is 74.6 cm³/mol. The Labute approximate surface area is 120 Å². The molecule has 0 aliphatic carbocycles. The summed E-state index contributed by atoms with van der Waals surface area (Å²) in [6.07, 6.45) is 0.704. The topological polar surface area (TPSA) is 64.6 Å². The molecule has 0 saturated heterocycles. The Kier molecular flexibility index (Phi) is 6.52. The van der Waals surface area contributed by atoms with E-state index in [1.807, 2.05) is 13.0 Å². The maximum atomic E-state index is 11.5. The van der Waals surface area contributed by atoms with Gasteiger partial charge in [-0.2, -0.15) is 0 Å². The fourth-order valence-electron chi connectivity index (χ4n) is 1.52. The average molecular weight is 330 g/mol. The maximum Gasteiger partial charge on any atom is 0.258 e. The third kappa shape index (κ3) is 5.00. The summed E-state index contributed by atoms with van der Waals surface area (Å²) in [5, 5.41) is 2.64. The molecule has 0 heterocycles. The van der Waals surface area contributed by atoms with E-state index in [0.717, 1.165) is 10.0 Å². The van der Waals surface area contributed by atoms with Crippen LogP contribution in [0.1, 0.15) is 15.9 Å². The number of carbonyl (C=O) groups is 2. The summed E-state index contributed by atoms with van der Waals surface area (Å²) >= 11 is 3.30. The van der Waals surface area contributed by atoms with Crippen molar-refractivity contribution in [2.75, 3.05) is 26.9 Å². The van der Waals surface area contributed by atoms with Crippen molar-refractivity contribution in [2.45, 2.75) is 6.92 Å². The van der Waals surface area contributed by atoms with Crippen molar-refractivity contribution in [3.8, 4) is 5.75 Å². The molecule has 1 amide bonds. The van der Waals surface area contributed by atoms with Gasteiger partial charge in [0.25, 0.3) is 5.91 Å². The molecule has 19 heavy (non-hydrogen) atoms. The van der Waals surface area contributed by atoms with Crippen molar-refractivity contribution in [1.82, 2.24) is 5.32 Å². The van der Waals surface area contributed by atoms with Gasteiger partial charge in [-0.15, -0.1) is 0 Å². The van der Waals surface area contributed by atoms with E-state index in [0.29, 0.717) is 30.8 Å². The second kappa shape index (κ2) is 7.91. The third-order valence-electron chi connectivity index (χ3n) is 2.37. The van der Waals surface area contributed by atoms with E-state index in [2.05, 4.69) is 21.2 Å². The molecule has 1 rings (SSSR count). The minimum Gasteiger partial charge on any atom is -0.483 e. The number of carbonyl (C=O) groups excluding carboxylic acids is 2. The number of methoxy groups -OCH3 is 1. The first kappa shape index (κ1) is 15.7. The highest BCUT2D eigenvalue weighted by Crippen LogP contribution is 2.26. The van der Waals surface area contributed by atoms with Gasteiger partial charge in [-0.05, 0) is 24.6 Å². The first-order valence-electron chi connectivity index (χ1n) is 5.72. The highest BCUT2D eigenvalue weighted by molar-refractivity contribution is 9.10. The van der Waals surface area contributed by atoms with E-state index in [4.69, 9.17) is 9.47 Å². The van der Waals surface area contributed by atoms with Crippen LogP contribution in [0.5, 0.6) is 5.75 Å². The van der Waals surface area contributed by atoms with E-state index in [1.54, 1.807) is 13.2 Å². The smallest absolute Gasteiger partial charge is 0.258 e. The van der Waals surface area contributed by atoms with Crippen molar-refractivity contribution in [3.05, 3.63) is 27.7 Å². The molecule has 1 aromatic rings. The molecular weight excluding hydrogens is 314 g/mol. The number of rotatable bonds is 7. The Bertz CT molecular complexity index is 462. The van der Waals surface area contributed by atoms with E-state index in [9.17, 15) is 9.59 Å². The van der Waals surface area contributed by atoms with Gasteiger partial charge in [-0.3, -0.25) is 9.59 Å². The molecule has 0 aromatic heterocycles. The number of ether oxygens (including phenoxy) is 2. The molecule has 6 heteroatoms. The van der Waals surface area contributed by atoms with Crippen molar-refractivity contribution < 1.29 is 19.1 Å². The van der Waals surface area contributed by atoms with Crippen LogP contribution in [0.4, 0.5) is 0 Å². The summed E-state index contributed by atoms with van der Waals surface area (Å²) in [6, 6.07) is 3.48. The molecule has 0 bridgehead atoms. The van der Waals surface area contributed by atoms with Crippen LogP contribution in [0.3, 0.4) is 0 Å². The molecule has 1 N–H and O–H groups in total. The van der Waals surface area contributed by atoms with Crippen molar-refractivity contribution >= 4 is 28.1 Å². The number of aldehydes is 1. The lowest BCUT2D eigenvalue weighted by Crippen LogP contribution is -2.31. The van der Waals surface area contributed by atoms with Crippen LogP contribution >= 0.6 is 15.9 Å². The average Bonchev–Trinajstić information content (AvgIpc) is 2.37. The van der Waals surface area contributed by atoms with Gasteiger partial charge in [-0.25, -0.2) is 0 Å². The van der Waals surface area contributed by atoms with Crippen molar-refractivity contribution in [1.29, 1.82) is 0 Å². The van der Waals surface area contributed by atoms with Crippen LogP contribution in [-0.2, 0) is 9.53 Å². The van der Waals surface area contributed by atoms with Gasteiger partial charge in [0.2, 0.25) is 0 Å². The zero-order valence-electron chi connectivity index (χ0n) is 10.9. The van der Waals surface area contributed by atoms with Crippen LogP contribution in [0.25, 0.3) is 0 Å². The number of amides is 1. The van der Waals surface area contributed by atoms with Gasteiger partial charge in [0.05, 0.1) is 12.2 Å². The molecule has 0 spiro atoms. The lowest BCUT2D eigenvalue weighted by atomic mass is 10.1. The Morgan fingerprint density at radius 3 is 2.84 bits per heavy atom. The van der Waals surface area contributed by atoms with Gasteiger partial charge >= 0.3 is 0 Å². The predicted octanol–water partition coefficient (Wildman–Crippen LogP) is 1.71. The largest absolute Gasteiger partial charge is 0.483 e. The number of nitrogens with one attached hydrogen (secondary N) is 1. The molecule has 5 nitrogen and oxygen atoms in total. The Hall–Kier alpha value is -1.40. The monoisotopic (exact) mass is 329 g/mol. The standard InChI is InChI=1S/C13H16BrNO4/c1-9-5-11(14)6-10(7-16)13(9)19-8-12(17)15-3-4-18-2/h5-7H,3-4,8H2,1-2H3,(H,15,17). The van der Waals surface area contributed by atoms with Crippen LogP contribution in [-0.4, -0.2) is 39.1 Å². The summed E-state index contributed by atoms with van der Waals surface area (Å²) < 4.78 is 11.0. The normalized spacial score (nSPS) is 10.1. The zero-order valence-corrected chi connectivity index (χ0v) is 12.5. The minimum absolute atomic E-state index is 0.132. The molecule has 0 saturated carbocycles. The molecule has 0 aliphatic rings. The molecule has 0 aliphatic heterocycles. The van der Waals surface area contributed by atoms with Gasteiger partial charge in [-0.1, -0.05) is 15.9 Å². The Morgan fingerprint density at radius 2 is 2.21 bits per heavy atom. The van der Waals surface area contributed by atoms with E-state index >= 15 is 0 Å². The second-order valence-electron chi connectivity index (χ2n) is 3.89. The fourth-order valence-corrected chi connectivity index (χ4v) is 2.11. The lowest BCUT2D eigenvalue weighted by molar-refractivity contribution is -0.123. The van der Waals surface area contributed by atoms with E-state index in [-0.39, 0.29) is 12.5 Å². The van der Waals surface area contributed by atoms with E-state index < -0.39 is 0 Å². The molecule has 104 valence electrons. The number of hydrogen-bond donors (Lipinski definition) is 1. The third-order valence-corrected chi connectivity index (χ3v) is 2.83. The first-order valence-corrected chi connectivity index (χ1v) is 6.51. The number of halogens is 1. The molecule has 0 unspecified atom stereocenters. The highest BCUT2D eigenvalue weighted by Gasteiger charge is 2.10. The van der Waals surface area contributed by atoms with Crippen LogP contribution < -0.4 is 10.1 Å². The lowest BCUT2D eigenvalue weighted by Gasteiger charge is -2.12. The quantitative estimate of drug-likeness (QED) is 0.611. The second-order valence-corrected chi connectivity index (χ2v) is 4.81. The Morgan fingerprint density at radius 1 is 1.47 bits per heavy atom. The van der Waals surface area contributed by atoms with Crippen molar-refractivity contribution in [2.24, 2.45) is 0 Å². The van der Waals surface area contributed by atoms with Gasteiger partial charge < -0.3 is 14.8 Å². The van der Waals surface area contributed by atoms with Gasteiger partial charge in [0, 0.05) is 18.1 Å². The summed E-state index contributed by atoms with van der Waals surface area (Å²) in [5.74, 6) is 0.177. The van der Waals surface area contributed by atoms with Gasteiger partial charge in [0.15, 0.2) is 12.9 Å². The zero-order chi connectivity index (χ0) is 14.3. The van der Waals surface area contributed by atoms with Crippen LogP contribution in [0, 0.1) is 6.92 Å². The van der Waals surface area contributed by atoms with E-state index in [1.165, 1.54) is 0 Å². The van der Waals surface area contributed by atoms with Crippen molar-refractivity contribution in [3.63, 3.8) is 0 Å². The SMILES string of the molecule is COCCNC(=O)COc1c(C)cc(Br)cc1C=O.